The fraction of sp³-hybridized carbons (Fsp3) is 0.467. The Bertz CT molecular complexity index is 584. The van der Waals surface area contributed by atoms with Crippen molar-refractivity contribution in [3.8, 4) is 0 Å². The van der Waals surface area contributed by atoms with Gasteiger partial charge in [0, 0.05) is 25.6 Å². The molecule has 5 nitrogen and oxygen atoms in total. The maximum Gasteiger partial charge on any atom is 0.274 e. The monoisotopic (exact) mass is 274 g/mol. The summed E-state index contributed by atoms with van der Waals surface area (Å²) in [6, 6.07) is 5.55. The lowest BCUT2D eigenvalue weighted by Gasteiger charge is -2.38. The number of rotatable bonds is 1. The van der Waals surface area contributed by atoms with Crippen LogP contribution in [0.4, 0.5) is 0 Å². The Morgan fingerprint density at radius 1 is 1.35 bits per heavy atom. The number of carbonyl (C=O) groups excluding carboxylic acids is 2. The van der Waals surface area contributed by atoms with Crippen molar-refractivity contribution in [2.75, 3.05) is 13.6 Å². The SMILES string of the molecule is CN1CC2(CCC1=O)Cc1ccc(C(=O)NO)cc1C2. The Morgan fingerprint density at radius 2 is 2.10 bits per heavy atom. The third kappa shape index (κ3) is 2.08. The summed E-state index contributed by atoms with van der Waals surface area (Å²) < 4.78 is 0. The molecule has 1 aliphatic carbocycles. The van der Waals surface area contributed by atoms with Gasteiger partial charge in [0.15, 0.2) is 0 Å². The van der Waals surface area contributed by atoms with Gasteiger partial charge >= 0.3 is 0 Å². The highest BCUT2D eigenvalue weighted by Crippen LogP contribution is 2.43. The van der Waals surface area contributed by atoms with E-state index < -0.39 is 5.91 Å². The Balaban J connectivity index is 1.85. The number of hydrogen-bond donors (Lipinski definition) is 2. The van der Waals surface area contributed by atoms with Gasteiger partial charge in [-0.1, -0.05) is 6.07 Å². The average Bonchev–Trinajstić information content (AvgIpc) is 2.79. The second kappa shape index (κ2) is 4.59. The summed E-state index contributed by atoms with van der Waals surface area (Å²) in [5.41, 5.74) is 4.68. The lowest BCUT2D eigenvalue weighted by Crippen LogP contribution is -2.44. The summed E-state index contributed by atoms with van der Waals surface area (Å²) >= 11 is 0. The summed E-state index contributed by atoms with van der Waals surface area (Å²) in [7, 11) is 1.86. The van der Waals surface area contributed by atoms with E-state index in [1.807, 2.05) is 24.1 Å². The molecule has 2 N–H and O–H groups in total. The summed E-state index contributed by atoms with van der Waals surface area (Å²) in [5.74, 6) is -0.267. The number of likely N-dealkylation sites (tertiary alicyclic amines) is 1. The standard InChI is InChI=1S/C15H18N2O3/c1-17-9-15(5-4-13(17)18)7-11-3-2-10(14(19)16-20)6-12(11)8-15/h2-3,6,20H,4-5,7-9H2,1H3,(H,16,19). The molecule has 0 aromatic heterocycles. The molecule has 1 aromatic rings. The number of nitrogens with one attached hydrogen (secondary N) is 1. The first-order valence-corrected chi connectivity index (χ1v) is 6.83. The minimum Gasteiger partial charge on any atom is -0.345 e. The smallest absolute Gasteiger partial charge is 0.274 e. The van der Waals surface area contributed by atoms with E-state index in [1.165, 1.54) is 5.56 Å². The second-order valence-electron chi connectivity index (χ2n) is 6.03. The van der Waals surface area contributed by atoms with Crippen LogP contribution in [-0.2, 0) is 17.6 Å². The van der Waals surface area contributed by atoms with Crippen LogP contribution in [0, 0.1) is 5.41 Å². The van der Waals surface area contributed by atoms with Gasteiger partial charge in [0.1, 0.15) is 0 Å². The van der Waals surface area contributed by atoms with E-state index in [1.54, 1.807) is 11.5 Å². The average molecular weight is 274 g/mol. The van der Waals surface area contributed by atoms with E-state index in [-0.39, 0.29) is 11.3 Å². The molecule has 2 amide bonds. The van der Waals surface area contributed by atoms with Crippen LogP contribution >= 0.6 is 0 Å². The molecule has 0 bridgehead atoms. The number of piperidine rings is 1. The highest BCUT2D eigenvalue weighted by molar-refractivity contribution is 5.93. The quantitative estimate of drug-likeness (QED) is 0.596. The molecule has 2 aliphatic rings. The molecule has 1 spiro atoms. The first-order valence-electron chi connectivity index (χ1n) is 6.83. The summed E-state index contributed by atoms with van der Waals surface area (Å²) in [5, 5.41) is 8.70. The van der Waals surface area contributed by atoms with Crippen molar-refractivity contribution in [1.29, 1.82) is 0 Å². The van der Waals surface area contributed by atoms with Crippen LogP contribution in [0.5, 0.6) is 0 Å². The van der Waals surface area contributed by atoms with Crippen LogP contribution in [0.25, 0.3) is 0 Å². The van der Waals surface area contributed by atoms with Crippen molar-refractivity contribution in [2.45, 2.75) is 25.7 Å². The molecule has 1 aliphatic heterocycles. The van der Waals surface area contributed by atoms with Crippen molar-refractivity contribution in [2.24, 2.45) is 5.41 Å². The molecule has 5 heteroatoms. The maximum absolute atomic E-state index is 11.6. The molecule has 1 fully saturated rings. The van der Waals surface area contributed by atoms with E-state index in [4.69, 9.17) is 5.21 Å². The molecular weight excluding hydrogens is 256 g/mol. The Labute approximate surface area is 117 Å². The van der Waals surface area contributed by atoms with E-state index in [9.17, 15) is 9.59 Å². The molecule has 1 aromatic carbocycles. The number of nitrogens with zero attached hydrogens (tertiary/aromatic N) is 1. The van der Waals surface area contributed by atoms with Gasteiger partial charge in [0.05, 0.1) is 0 Å². The van der Waals surface area contributed by atoms with E-state index in [2.05, 4.69) is 0 Å². The van der Waals surface area contributed by atoms with Crippen molar-refractivity contribution < 1.29 is 14.8 Å². The molecule has 1 saturated heterocycles. The van der Waals surface area contributed by atoms with Crippen LogP contribution in [0.2, 0.25) is 0 Å². The fourth-order valence-electron chi connectivity index (χ4n) is 3.56. The van der Waals surface area contributed by atoms with Crippen LogP contribution in [-0.4, -0.2) is 35.5 Å². The normalized spacial score (nSPS) is 24.9. The largest absolute Gasteiger partial charge is 0.345 e. The Morgan fingerprint density at radius 3 is 2.80 bits per heavy atom. The van der Waals surface area contributed by atoms with Crippen molar-refractivity contribution in [3.05, 3.63) is 34.9 Å². The van der Waals surface area contributed by atoms with Crippen LogP contribution in [0.3, 0.4) is 0 Å². The summed E-state index contributed by atoms with van der Waals surface area (Å²) in [6.07, 6.45) is 3.37. The molecule has 3 rings (SSSR count). The second-order valence-corrected chi connectivity index (χ2v) is 6.03. The van der Waals surface area contributed by atoms with Crippen LogP contribution in [0.15, 0.2) is 18.2 Å². The van der Waals surface area contributed by atoms with Crippen molar-refractivity contribution in [3.63, 3.8) is 0 Å². The van der Waals surface area contributed by atoms with Gasteiger partial charge in [0.2, 0.25) is 5.91 Å². The number of hydroxylamine groups is 1. The predicted molar refractivity (Wildman–Crippen MR) is 72.4 cm³/mol. The van der Waals surface area contributed by atoms with Crippen molar-refractivity contribution in [1.82, 2.24) is 10.4 Å². The predicted octanol–water partition coefficient (Wildman–Crippen LogP) is 1.14. The minimum atomic E-state index is -0.482. The fourth-order valence-corrected chi connectivity index (χ4v) is 3.56. The third-order valence-electron chi connectivity index (χ3n) is 4.57. The van der Waals surface area contributed by atoms with Crippen molar-refractivity contribution >= 4 is 11.8 Å². The van der Waals surface area contributed by atoms with Gasteiger partial charge in [-0.2, -0.15) is 0 Å². The summed E-state index contributed by atoms with van der Waals surface area (Å²) in [6.45, 7) is 0.780. The van der Waals surface area contributed by atoms with Crippen LogP contribution in [0.1, 0.15) is 34.3 Å². The van der Waals surface area contributed by atoms with Gasteiger partial charge in [-0.3, -0.25) is 14.8 Å². The molecule has 0 radical (unpaired) electrons. The molecule has 0 saturated carbocycles. The maximum atomic E-state index is 11.6. The third-order valence-corrected chi connectivity index (χ3v) is 4.57. The lowest BCUT2D eigenvalue weighted by atomic mass is 9.77. The first-order chi connectivity index (χ1) is 9.53. The van der Waals surface area contributed by atoms with Gasteiger partial charge in [0.25, 0.3) is 5.91 Å². The Hall–Kier alpha value is -1.88. The van der Waals surface area contributed by atoms with Gasteiger partial charge in [-0.15, -0.1) is 0 Å². The van der Waals surface area contributed by atoms with Gasteiger partial charge < -0.3 is 4.90 Å². The zero-order valence-corrected chi connectivity index (χ0v) is 11.5. The van der Waals surface area contributed by atoms with E-state index in [0.717, 1.165) is 31.4 Å². The summed E-state index contributed by atoms with van der Waals surface area (Å²) in [4.78, 5) is 24.9. The highest BCUT2D eigenvalue weighted by atomic mass is 16.5. The molecule has 106 valence electrons. The molecular formula is C15H18N2O3. The Kier molecular flexibility index (Phi) is 3.01. The number of amides is 2. The zero-order valence-electron chi connectivity index (χ0n) is 11.5. The molecule has 1 heterocycles. The van der Waals surface area contributed by atoms with E-state index in [0.29, 0.717) is 12.0 Å². The molecule has 1 unspecified atom stereocenters. The molecule has 1 atom stereocenters. The highest BCUT2D eigenvalue weighted by Gasteiger charge is 2.42. The van der Waals surface area contributed by atoms with E-state index >= 15 is 0 Å². The topological polar surface area (TPSA) is 69.6 Å². The first kappa shape index (κ1) is 13.1. The molecule has 20 heavy (non-hydrogen) atoms. The number of benzene rings is 1. The number of hydrogen-bond acceptors (Lipinski definition) is 3. The minimum absolute atomic E-state index is 0.124. The number of carbonyl (C=O) groups is 2. The van der Waals surface area contributed by atoms with Crippen LogP contribution < -0.4 is 5.48 Å². The zero-order chi connectivity index (χ0) is 14.3. The van der Waals surface area contributed by atoms with Gasteiger partial charge in [-0.25, -0.2) is 5.48 Å². The lowest BCUT2D eigenvalue weighted by molar-refractivity contribution is -0.135. The number of fused-ring (bicyclic) bond motifs is 1. The van der Waals surface area contributed by atoms with Gasteiger partial charge in [-0.05, 0) is 47.9 Å².